The first-order valence-corrected chi connectivity index (χ1v) is 13.0. The molecule has 0 aliphatic carbocycles. The van der Waals surface area contributed by atoms with Crippen LogP contribution >= 0.6 is 46.6 Å². The molecular weight excluding hydrogens is 559 g/mol. The van der Waals surface area contributed by atoms with Crippen LogP contribution < -0.4 is 9.47 Å². The van der Waals surface area contributed by atoms with Gasteiger partial charge in [-0.05, 0) is 66.6 Å². The quantitative estimate of drug-likeness (QED) is 0.111. The first-order valence-electron chi connectivity index (χ1n) is 11.0. The Balaban J connectivity index is 1.59. The Morgan fingerprint density at radius 2 is 1.76 bits per heavy atom. The van der Waals surface area contributed by atoms with Crippen LogP contribution in [0.3, 0.4) is 0 Å². The summed E-state index contributed by atoms with van der Waals surface area (Å²) >= 11 is 19.3. The number of halogens is 3. The maximum atomic E-state index is 11.6. The van der Waals surface area contributed by atoms with Gasteiger partial charge in [-0.2, -0.15) is 0 Å². The molecule has 0 radical (unpaired) electrons. The Bertz CT molecular complexity index is 1420. The molecule has 0 saturated carbocycles. The minimum atomic E-state index is -0.567. The summed E-state index contributed by atoms with van der Waals surface area (Å²) in [4.78, 5) is 11.2. The normalized spacial score (nSPS) is 11.8. The first kappa shape index (κ1) is 27.1. The number of hydrogen-bond donors (Lipinski definition) is 0. The van der Waals surface area contributed by atoms with Crippen molar-refractivity contribution in [2.45, 2.75) is 23.9 Å². The summed E-state index contributed by atoms with van der Waals surface area (Å²) in [5.74, 6) is 1.58. The van der Waals surface area contributed by atoms with E-state index in [1.807, 2.05) is 29.7 Å². The van der Waals surface area contributed by atoms with Crippen LogP contribution in [0.25, 0.3) is 5.69 Å². The van der Waals surface area contributed by atoms with Crippen molar-refractivity contribution in [3.05, 3.63) is 103 Å². The van der Waals surface area contributed by atoms with Gasteiger partial charge in [-0.15, -0.1) is 10.2 Å². The van der Waals surface area contributed by atoms with Gasteiger partial charge in [0, 0.05) is 15.6 Å². The van der Waals surface area contributed by atoms with Crippen LogP contribution in [-0.4, -0.2) is 33.3 Å². The van der Waals surface area contributed by atoms with Crippen LogP contribution in [0.1, 0.15) is 22.2 Å². The van der Waals surface area contributed by atoms with Gasteiger partial charge in [0.2, 0.25) is 6.54 Å². The van der Waals surface area contributed by atoms with E-state index >= 15 is 0 Å². The fourth-order valence-electron chi connectivity index (χ4n) is 3.57. The number of rotatable bonds is 10. The van der Waals surface area contributed by atoms with Gasteiger partial charge in [0.05, 0.1) is 17.2 Å². The molecule has 37 heavy (non-hydrogen) atoms. The fraction of sp³-hybridized carbons (Fsp3) is 0.200. The van der Waals surface area contributed by atoms with Crippen molar-refractivity contribution in [1.29, 1.82) is 0 Å². The minimum absolute atomic E-state index is 0.239. The van der Waals surface area contributed by atoms with Crippen molar-refractivity contribution in [1.82, 2.24) is 14.8 Å². The van der Waals surface area contributed by atoms with Crippen molar-refractivity contribution >= 4 is 46.6 Å². The van der Waals surface area contributed by atoms with Gasteiger partial charge in [-0.25, -0.2) is 0 Å². The van der Waals surface area contributed by atoms with Gasteiger partial charge in [0.25, 0.3) is 0 Å². The topological polar surface area (TPSA) is 92.3 Å². The molecule has 0 fully saturated rings. The van der Waals surface area contributed by atoms with Crippen LogP contribution in [0.15, 0.2) is 65.8 Å². The lowest BCUT2D eigenvalue weighted by molar-refractivity contribution is -0.479. The number of aryl methyl sites for hydroxylation is 1. The van der Waals surface area contributed by atoms with Gasteiger partial charge in [-0.3, -0.25) is 14.7 Å². The lowest BCUT2D eigenvalue weighted by atomic mass is 10.1. The molecule has 4 aromatic rings. The summed E-state index contributed by atoms with van der Waals surface area (Å²) in [6.45, 7) is 1.73. The third kappa shape index (κ3) is 6.67. The van der Waals surface area contributed by atoms with Crippen molar-refractivity contribution in [2.75, 3.05) is 13.7 Å². The molecule has 0 saturated heterocycles. The average Bonchev–Trinajstić information content (AvgIpc) is 3.24. The summed E-state index contributed by atoms with van der Waals surface area (Å²) in [5, 5.41) is 21.5. The van der Waals surface area contributed by atoms with E-state index in [-0.39, 0.29) is 18.1 Å². The van der Waals surface area contributed by atoms with Crippen molar-refractivity contribution in [2.24, 2.45) is 0 Å². The van der Waals surface area contributed by atoms with E-state index in [0.717, 1.165) is 11.3 Å². The van der Waals surface area contributed by atoms with Crippen LogP contribution in [0.2, 0.25) is 15.1 Å². The zero-order valence-electron chi connectivity index (χ0n) is 19.7. The Morgan fingerprint density at radius 1 is 1.00 bits per heavy atom. The van der Waals surface area contributed by atoms with Crippen LogP contribution in [0.5, 0.6) is 11.5 Å². The van der Waals surface area contributed by atoms with Gasteiger partial charge in [-0.1, -0.05) is 58.7 Å². The summed E-state index contributed by atoms with van der Waals surface area (Å²) < 4.78 is 13.3. The molecule has 8 nitrogen and oxygen atoms in total. The van der Waals surface area contributed by atoms with Crippen molar-refractivity contribution in [3.8, 4) is 17.2 Å². The molecule has 12 heteroatoms. The number of hydrogen-bond acceptors (Lipinski definition) is 7. The number of aromatic nitrogens is 3. The summed E-state index contributed by atoms with van der Waals surface area (Å²) in [6, 6.07) is 17.7. The largest absolute Gasteiger partial charge is 0.493 e. The van der Waals surface area contributed by atoms with E-state index in [9.17, 15) is 10.1 Å². The molecule has 192 valence electrons. The molecule has 0 aliphatic rings. The van der Waals surface area contributed by atoms with Gasteiger partial charge in [0.1, 0.15) is 17.7 Å². The minimum Gasteiger partial charge on any atom is -0.493 e. The Morgan fingerprint density at radius 3 is 2.43 bits per heavy atom. The predicted molar refractivity (Wildman–Crippen MR) is 145 cm³/mol. The van der Waals surface area contributed by atoms with Gasteiger partial charge in [0.15, 0.2) is 16.7 Å². The van der Waals surface area contributed by atoms with Crippen LogP contribution in [-0.2, 0) is 6.61 Å². The van der Waals surface area contributed by atoms with Crippen molar-refractivity contribution < 1.29 is 14.4 Å². The number of methoxy groups -OCH3 is 1. The molecule has 0 unspecified atom stereocenters. The molecule has 1 aromatic heterocycles. The number of nitrogens with zero attached hydrogens (tertiary/aromatic N) is 4. The van der Waals surface area contributed by atoms with E-state index in [4.69, 9.17) is 44.3 Å². The van der Waals surface area contributed by atoms with Crippen molar-refractivity contribution in [3.63, 3.8) is 0 Å². The number of benzene rings is 3. The highest BCUT2D eigenvalue weighted by Gasteiger charge is 2.25. The molecule has 0 aliphatic heterocycles. The van der Waals surface area contributed by atoms with E-state index in [0.29, 0.717) is 43.1 Å². The average molecular weight is 580 g/mol. The maximum absolute atomic E-state index is 11.6. The Labute approximate surface area is 232 Å². The zero-order valence-corrected chi connectivity index (χ0v) is 22.8. The number of thioether (sulfide) groups is 1. The molecule has 1 heterocycles. The molecule has 0 bridgehead atoms. The zero-order chi connectivity index (χ0) is 26.5. The molecule has 0 N–H and O–H groups in total. The molecule has 4 rings (SSSR count). The van der Waals surface area contributed by atoms with Gasteiger partial charge < -0.3 is 9.47 Å². The highest BCUT2D eigenvalue weighted by molar-refractivity contribution is 7.99. The standard InChI is InChI=1S/C25H21Cl3N4O4S/c1-15-29-30-25(32(15)19-7-5-18(26)6-8-19)37-24(13-31(33)34)17-4-10-22(23(12-17)35-2)36-14-16-3-9-20(27)21(28)11-16/h3-12,24H,13-14H2,1-2H3/t24-/m0/s1. The van der Waals surface area contributed by atoms with E-state index in [1.165, 1.54) is 18.9 Å². The van der Waals surface area contributed by atoms with E-state index in [1.54, 1.807) is 42.5 Å². The second-order valence-corrected chi connectivity index (χ2v) is 10.3. The van der Waals surface area contributed by atoms with E-state index in [2.05, 4.69) is 10.2 Å². The molecule has 1 atom stereocenters. The SMILES string of the molecule is COc1cc([C@H](C[N+](=O)[O-])Sc2nnc(C)n2-c2ccc(Cl)cc2)ccc1OCc1ccc(Cl)c(Cl)c1. The third-order valence-corrected chi connectivity index (χ3v) is 7.55. The molecule has 3 aromatic carbocycles. The van der Waals surface area contributed by atoms with Gasteiger partial charge >= 0.3 is 0 Å². The molecular formula is C25H21Cl3N4O4S. The second kappa shape index (κ2) is 12.0. The summed E-state index contributed by atoms with van der Waals surface area (Å²) in [5.41, 5.74) is 2.32. The lowest BCUT2D eigenvalue weighted by Gasteiger charge is -2.17. The number of ether oxygens (including phenoxy) is 2. The lowest BCUT2D eigenvalue weighted by Crippen LogP contribution is -2.11. The smallest absolute Gasteiger partial charge is 0.220 e. The summed E-state index contributed by atoms with van der Waals surface area (Å²) in [7, 11) is 1.52. The second-order valence-electron chi connectivity index (χ2n) is 7.91. The highest BCUT2D eigenvalue weighted by atomic mass is 35.5. The molecule has 0 amide bonds. The van der Waals surface area contributed by atoms with Crippen LogP contribution in [0.4, 0.5) is 0 Å². The number of nitro groups is 1. The van der Waals surface area contributed by atoms with Crippen LogP contribution in [0, 0.1) is 17.0 Å². The Hall–Kier alpha value is -2.98. The fourth-order valence-corrected chi connectivity index (χ4v) is 5.19. The molecule has 0 spiro atoms. The highest BCUT2D eigenvalue weighted by Crippen LogP contribution is 2.39. The predicted octanol–water partition coefficient (Wildman–Crippen LogP) is 7.23. The summed E-state index contributed by atoms with van der Waals surface area (Å²) in [6.07, 6.45) is 0. The monoisotopic (exact) mass is 578 g/mol. The van der Waals surface area contributed by atoms with E-state index < -0.39 is 5.25 Å². The Kier molecular flexibility index (Phi) is 8.81. The third-order valence-electron chi connectivity index (χ3n) is 5.38. The maximum Gasteiger partial charge on any atom is 0.220 e. The first-order chi connectivity index (χ1) is 17.7.